The molecule has 5 nitrogen and oxygen atoms in total. The maximum Gasteiger partial charge on any atom is 0.435 e. The molecule has 0 bridgehead atoms. The first-order chi connectivity index (χ1) is 18.7. The van der Waals surface area contributed by atoms with Gasteiger partial charge in [0.05, 0.1) is 16.8 Å². The first-order valence-corrected chi connectivity index (χ1v) is 11.9. The minimum Gasteiger partial charge on any atom is -0.322 e. The molecule has 0 aliphatic carbocycles. The number of halogens is 12. The van der Waals surface area contributed by atoms with Crippen LogP contribution in [0.4, 0.5) is 55.3 Å². The van der Waals surface area contributed by atoms with Crippen molar-refractivity contribution in [3.05, 3.63) is 86.6 Å². The molecule has 0 saturated heterocycles. The number of amides is 2. The highest BCUT2D eigenvalue weighted by Crippen LogP contribution is 2.55. The number of nitrogens with one attached hydrogen (secondary N) is 1. The maximum absolute atomic E-state index is 14.6. The second kappa shape index (κ2) is 11.1. The Morgan fingerprint density at radius 3 is 2.05 bits per heavy atom. The van der Waals surface area contributed by atoms with Gasteiger partial charge in [0.2, 0.25) is 0 Å². The van der Waals surface area contributed by atoms with Crippen LogP contribution in [0.3, 0.4) is 0 Å². The number of alkyl halides is 10. The van der Waals surface area contributed by atoms with E-state index in [1.54, 1.807) is 0 Å². The molecular weight excluding hydrogens is 668 g/mol. The highest BCUT2D eigenvalue weighted by molar-refractivity contribution is 9.10. The monoisotopic (exact) mass is 679 g/mol. The average molecular weight is 681 g/mol. The smallest absolute Gasteiger partial charge is 0.322 e. The summed E-state index contributed by atoms with van der Waals surface area (Å²) in [6.45, 7) is 0. The number of hydrogen-bond donors (Lipinski definition) is 1. The lowest BCUT2D eigenvalue weighted by molar-refractivity contribution is -0.348. The van der Waals surface area contributed by atoms with E-state index in [1.165, 1.54) is 30.5 Å². The summed E-state index contributed by atoms with van der Waals surface area (Å²) in [5.74, 6) is -1.99. The molecule has 0 saturated carbocycles. The molecule has 220 valence electrons. The van der Waals surface area contributed by atoms with Gasteiger partial charge in [-0.15, -0.1) is 0 Å². The van der Waals surface area contributed by atoms with E-state index in [0.717, 1.165) is 19.2 Å². The Labute approximate surface area is 237 Å². The largest absolute Gasteiger partial charge is 0.435 e. The Bertz CT molecular complexity index is 1480. The van der Waals surface area contributed by atoms with Gasteiger partial charge < -0.3 is 10.2 Å². The molecule has 0 atom stereocenters. The number of aromatic nitrogens is 1. The molecule has 17 heteroatoms. The van der Waals surface area contributed by atoms with Crippen LogP contribution >= 0.6 is 27.5 Å². The lowest BCUT2D eigenvalue weighted by Gasteiger charge is -2.32. The number of nitrogens with zero attached hydrogens (tertiary/aromatic N) is 2. The van der Waals surface area contributed by atoms with Gasteiger partial charge in [0.1, 0.15) is 5.15 Å². The topological polar surface area (TPSA) is 62.3 Å². The van der Waals surface area contributed by atoms with Gasteiger partial charge in [0, 0.05) is 34.5 Å². The molecular formula is C24H13BrClF10N3O2. The van der Waals surface area contributed by atoms with Crippen LogP contribution in [0.1, 0.15) is 31.8 Å². The molecule has 41 heavy (non-hydrogen) atoms. The molecule has 3 rings (SSSR count). The van der Waals surface area contributed by atoms with Crippen LogP contribution in [0.15, 0.2) is 59.2 Å². The summed E-state index contributed by atoms with van der Waals surface area (Å²) in [6, 6.07) is 6.64. The summed E-state index contributed by atoms with van der Waals surface area (Å²) < 4.78 is 135. The summed E-state index contributed by atoms with van der Waals surface area (Å²) in [7, 11) is 0.758. The van der Waals surface area contributed by atoms with E-state index in [0.29, 0.717) is 0 Å². The third kappa shape index (κ3) is 6.27. The Hall–Kier alpha value is -3.40. The van der Waals surface area contributed by atoms with E-state index in [-0.39, 0.29) is 32.9 Å². The highest BCUT2D eigenvalue weighted by atomic mass is 79.9. The van der Waals surface area contributed by atoms with E-state index in [9.17, 15) is 53.5 Å². The van der Waals surface area contributed by atoms with Crippen LogP contribution in [-0.2, 0) is 11.8 Å². The lowest BCUT2D eigenvalue weighted by atomic mass is 9.91. The Morgan fingerprint density at radius 2 is 1.51 bits per heavy atom. The number of hydrogen-bond acceptors (Lipinski definition) is 3. The van der Waals surface area contributed by atoms with Crippen molar-refractivity contribution in [3.8, 4) is 0 Å². The number of pyridine rings is 1. The number of carbonyl (C=O) groups is 2. The number of carbonyl (C=O) groups excluding carboxylic acids is 2. The highest BCUT2D eigenvalue weighted by Gasteiger charge is 2.73. The second-order valence-electron chi connectivity index (χ2n) is 8.25. The standard InChI is InChI=1S/C24H13BrClF10N3O2/c1-39(20(41)11-4-2-5-13(8-11)38-19(40)14-6-3-7-37-18(14)26)17-15(22(28,29)30)9-12(10-16(17)25)21(27,23(31,32)33)24(34,35)36/h2-10H,1H3,(H,38,40). The van der Waals surface area contributed by atoms with Crippen molar-refractivity contribution in [1.29, 1.82) is 0 Å². The van der Waals surface area contributed by atoms with Crippen LogP contribution in [0, 0.1) is 0 Å². The zero-order valence-electron chi connectivity index (χ0n) is 19.9. The van der Waals surface area contributed by atoms with Gasteiger partial charge >= 0.3 is 24.2 Å². The van der Waals surface area contributed by atoms with Crippen molar-refractivity contribution >= 4 is 50.7 Å². The summed E-state index contributed by atoms with van der Waals surface area (Å²) in [6.07, 6.45) is -17.7. The van der Waals surface area contributed by atoms with Gasteiger partial charge in [-0.2, -0.15) is 39.5 Å². The molecule has 0 spiro atoms. The molecule has 0 fully saturated rings. The van der Waals surface area contributed by atoms with Crippen molar-refractivity contribution in [1.82, 2.24) is 4.98 Å². The van der Waals surface area contributed by atoms with Gasteiger partial charge in [0.15, 0.2) is 0 Å². The predicted octanol–water partition coefficient (Wildman–Crippen LogP) is 8.33. The van der Waals surface area contributed by atoms with E-state index >= 15 is 0 Å². The summed E-state index contributed by atoms with van der Waals surface area (Å²) in [5.41, 5.74) is -12.4. The molecule has 3 aromatic rings. The van der Waals surface area contributed by atoms with E-state index < -0.39 is 63.4 Å². The minimum atomic E-state index is -6.68. The summed E-state index contributed by atoms with van der Waals surface area (Å²) in [4.78, 5) is 29.6. The Kier molecular flexibility index (Phi) is 8.71. The molecule has 0 aliphatic rings. The molecule has 0 radical (unpaired) electrons. The van der Waals surface area contributed by atoms with E-state index in [2.05, 4.69) is 26.2 Å². The van der Waals surface area contributed by atoms with E-state index in [1.807, 2.05) is 0 Å². The fourth-order valence-electron chi connectivity index (χ4n) is 3.62. The van der Waals surface area contributed by atoms with Gasteiger partial charge in [-0.25, -0.2) is 9.37 Å². The molecule has 1 N–H and O–H groups in total. The second-order valence-corrected chi connectivity index (χ2v) is 9.46. The number of benzene rings is 2. The predicted molar refractivity (Wildman–Crippen MR) is 130 cm³/mol. The van der Waals surface area contributed by atoms with Crippen LogP contribution in [0.5, 0.6) is 0 Å². The summed E-state index contributed by atoms with van der Waals surface area (Å²) >= 11 is 8.32. The fourth-order valence-corrected chi connectivity index (χ4v) is 4.55. The minimum absolute atomic E-state index is 0.0304. The van der Waals surface area contributed by atoms with Crippen molar-refractivity contribution < 1.29 is 53.5 Å². The molecule has 1 aromatic heterocycles. The SMILES string of the molecule is CN(C(=O)c1cccc(NC(=O)c2cccnc2Cl)c1)c1c(Br)cc(C(F)(C(F)(F)F)C(F)(F)F)cc1C(F)(F)F. The lowest BCUT2D eigenvalue weighted by Crippen LogP contribution is -2.50. The normalized spacial score (nSPS) is 12.7. The zero-order valence-corrected chi connectivity index (χ0v) is 22.3. The molecule has 0 unspecified atom stereocenters. The van der Waals surface area contributed by atoms with Gasteiger partial charge in [0.25, 0.3) is 11.8 Å². The quantitative estimate of drug-likeness (QED) is 0.218. The van der Waals surface area contributed by atoms with Crippen molar-refractivity contribution in [2.45, 2.75) is 24.2 Å². The molecule has 1 heterocycles. The van der Waals surface area contributed by atoms with Crippen LogP contribution in [0.2, 0.25) is 5.15 Å². The Balaban J connectivity index is 2.06. The van der Waals surface area contributed by atoms with Gasteiger partial charge in [-0.1, -0.05) is 17.7 Å². The van der Waals surface area contributed by atoms with E-state index in [4.69, 9.17) is 11.6 Å². The van der Waals surface area contributed by atoms with Gasteiger partial charge in [-0.3, -0.25) is 9.59 Å². The third-order valence-electron chi connectivity index (χ3n) is 5.56. The number of rotatable bonds is 5. The zero-order chi connectivity index (χ0) is 31.1. The first kappa shape index (κ1) is 32.1. The van der Waals surface area contributed by atoms with Crippen LogP contribution in [0.25, 0.3) is 0 Å². The van der Waals surface area contributed by atoms with Crippen molar-refractivity contribution in [2.24, 2.45) is 0 Å². The van der Waals surface area contributed by atoms with Crippen LogP contribution < -0.4 is 10.2 Å². The molecule has 2 amide bonds. The molecule has 0 aliphatic heterocycles. The first-order valence-electron chi connectivity index (χ1n) is 10.7. The average Bonchev–Trinajstić information content (AvgIpc) is 2.85. The van der Waals surface area contributed by atoms with Crippen molar-refractivity contribution in [3.63, 3.8) is 0 Å². The third-order valence-corrected chi connectivity index (χ3v) is 6.46. The Morgan fingerprint density at radius 1 is 0.902 bits per heavy atom. The van der Waals surface area contributed by atoms with Crippen LogP contribution in [-0.4, -0.2) is 36.2 Å². The number of anilines is 2. The van der Waals surface area contributed by atoms with Crippen molar-refractivity contribution in [2.75, 3.05) is 17.3 Å². The molecule has 2 aromatic carbocycles. The van der Waals surface area contributed by atoms with Gasteiger partial charge in [-0.05, 0) is 58.4 Å². The summed E-state index contributed by atoms with van der Waals surface area (Å²) in [5, 5.41) is 2.24. The maximum atomic E-state index is 14.6. The fraction of sp³-hybridized carbons (Fsp3) is 0.208.